The summed E-state index contributed by atoms with van der Waals surface area (Å²) in [7, 11) is -2.14. The van der Waals surface area contributed by atoms with Gasteiger partial charge in [-0.25, -0.2) is 8.42 Å². The fraction of sp³-hybridized carbons (Fsp3) is 0.417. The molecule has 1 N–H and O–H groups in total. The van der Waals surface area contributed by atoms with Crippen LogP contribution in [0.25, 0.3) is 0 Å². The maximum Gasteiger partial charge on any atom is 0.243 e. The van der Waals surface area contributed by atoms with Crippen molar-refractivity contribution in [2.24, 2.45) is 5.92 Å². The number of methoxy groups -OCH3 is 1. The molecule has 2 heterocycles. The molecule has 2 amide bonds. The lowest BCUT2D eigenvalue weighted by Crippen LogP contribution is -2.45. The van der Waals surface area contributed by atoms with Crippen LogP contribution in [0.3, 0.4) is 0 Å². The van der Waals surface area contributed by atoms with Crippen LogP contribution in [0.1, 0.15) is 31.2 Å². The SMILES string of the molecule is COc1ccc(S(=O)(=O)N2CCC[C@@H](C(=O)NCc3ccc(N4CCCC4=O)cc3)C2)cc1. The van der Waals surface area contributed by atoms with Gasteiger partial charge in [0, 0.05) is 38.3 Å². The molecule has 9 heteroatoms. The number of amides is 2. The summed E-state index contributed by atoms with van der Waals surface area (Å²) in [4.78, 5) is 26.6. The second-order valence-corrected chi connectivity index (χ2v) is 10.3. The lowest BCUT2D eigenvalue weighted by atomic mass is 9.98. The molecule has 0 bridgehead atoms. The second kappa shape index (κ2) is 9.93. The van der Waals surface area contributed by atoms with Crippen LogP contribution in [-0.2, 0) is 26.2 Å². The highest BCUT2D eigenvalue weighted by atomic mass is 32.2. The molecule has 176 valence electrons. The van der Waals surface area contributed by atoms with E-state index in [9.17, 15) is 18.0 Å². The summed E-state index contributed by atoms with van der Waals surface area (Å²) in [6.45, 7) is 1.66. The number of piperidine rings is 1. The quantitative estimate of drug-likeness (QED) is 0.670. The summed E-state index contributed by atoms with van der Waals surface area (Å²) in [6, 6.07) is 13.9. The van der Waals surface area contributed by atoms with Crippen LogP contribution in [0.5, 0.6) is 5.75 Å². The van der Waals surface area contributed by atoms with Gasteiger partial charge in [0.25, 0.3) is 0 Å². The molecule has 0 saturated carbocycles. The Morgan fingerprint density at radius 2 is 1.79 bits per heavy atom. The van der Waals surface area contributed by atoms with E-state index in [1.54, 1.807) is 17.0 Å². The highest BCUT2D eigenvalue weighted by molar-refractivity contribution is 7.89. The summed E-state index contributed by atoms with van der Waals surface area (Å²) in [5.41, 5.74) is 1.80. The first-order chi connectivity index (χ1) is 15.9. The van der Waals surface area contributed by atoms with Gasteiger partial charge in [0.05, 0.1) is 17.9 Å². The van der Waals surface area contributed by atoms with Gasteiger partial charge in [0.15, 0.2) is 0 Å². The van der Waals surface area contributed by atoms with Crippen molar-refractivity contribution in [3.8, 4) is 5.75 Å². The minimum absolute atomic E-state index is 0.141. The van der Waals surface area contributed by atoms with Crippen molar-refractivity contribution in [2.75, 3.05) is 31.6 Å². The maximum absolute atomic E-state index is 13.0. The van der Waals surface area contributed by atoms with Crippen molar-refractivity contribution >= 4 is 27.5 Å². The van der Waals surface area contributed by atoms with E-state index >= 15 is 0 Å². The average molecular weight is 472 g/mol. The van der Waals surface area contributed by atoms with Crippen LogP contribution in [0.4, 0.5) is 5.69 Å². The van der Waals surface area contributed by atoms with Crippen LogP contribution < -0.4 is 15.0 Å². The Balaban J connectivity index is 1.34. The standard InChI is InChI=1S/C24H29N3O5S/c1-32-21-10-12-22(13-11-21)33(30,31)26-14-2-4-19(17-26)24(29)25-16-18-6-8-20(9-7-18)27-15-3-5-23(27)28/h6-13,19H,2-5,14-17H2,1H3,(H,25,29)/t19-/m1/s1. The number of nitrogens with zero attached hydrogens (tertiary/aromatic N) is 2. The number of anilines is 1. The molecule has 0 aromatic heterocycles. The minimum Gasteiger partial charge on any atom is -0.497 e. The fourth-order valence-electron chi connectivity index (χ4n) is 4.32. The number of carbonyl (C=O) groups excluding carboxylic acids is 2. The van der Waals surface area contributed by atoms with Crippen LogP contribution >= 0.6 is 0 Å². The molecule has 2 aromatic carbocycles. The summed E-state index contributed by atoms with van der Waals surface area (Å²) in [6.07, 6.45) is 2.75. The van der Waals surface area contributed by atoms with E-state index in [1.165, 1.54) is 23.5 Å². The van der Waals surface area contributed by atoms with E-state index in [2.05, 4.69) is 5.32 Å². The Kier molecular flexibility index (Phi) is 6.99. The first-order valence-corrected chi connectivity index (χ1v) is 12.6. The van der Waals surface area contributed by atoms with Gasteiger partial charge in [0.1, 0.15) is 5.75 Å². The van der Waals surface area contributed by atoms with Crippen molar-refractivity contribution in [1.29, 1.82) is 0 Å². The Bertz CT molecular complexity index is 1100. The second-order valence-electron chi connectivity index (χ2n) is 8.41. The molecule has 33 heavy (non-hydrogen) atoms. The van der Waals surface area contributed by atoms with Crippen LogP contribution in [0, 0.1) is 5.92 Å². The van der Waals surface area contributed by atoms with Gasteiger partial charge >= 0.3 is 0 Å². The summed E-state index contributed by atoms with van der Waals surface area (Å²) < 4.78 is 32.5. The molecule has 0 unspecified atom stereocenters. The van der Waals surface area contributed by atoms with Crippen LogP contribution in [-0.4, -0.2) is 51.3 Å². The molecular weight excluding hydrogens is 442 g/mol. The topological polar surface area (TPSA) is 96.0 Å². The Labute approximate surface area is 194 Å². The molecule has 2 aromatic rings. The van der Waals surface area contributed by atoms with Crippen molar-refractivity contribution in [3.63, 3.8) is 0 Å². The fourth-order valence-corrected chi connectivity index (χ4v) is 5.84. The van der Waals surface area contributed by atoms with E-state index in [1.807, 2.05) is 24.3 Å². The molecular formula is C24H29N3O5S. The largest absolute Gasteiger partial charge is 0.497 e. The van der Waals surface area contributed by atoms with Crippen molar-refractivity contribution in [2.45, 2.75) is 37.1 Å². The first kappa shape index (κ1) is 23.3. The zero-order valence-electron chi connectivity index (χ0n) is 18.7. The van der Waals surface area contributed by atoms with E-state index in [4.69, 9.17) is 4.74 Å². The number of hydrogen-bond acceptors (Lipinski definition) is 5. The van der Waals surface area contributed by atoms with Gasteiger partial charge in [0.2, 0.25) is 21.8 Å². The molecule has 2 fully saturated rings. The zero-order chi connectivity index (χ0) is 23.4. The third kappa shape index (κ3) is 5.20. The van der Waals surface area contributed by atoms with Gasteiger partial charge < -0.3 is 15.0 Å². The van der Waals surface area contributed by atoms with Crippen molar-refractivity contribution in [1.82, 2.24) is 9.62 Å². The van der Waals surface area contributed by atoms with Crippen LogP contribution in [0.15, 0.2) is 53.4 Å². The molecule has 0 spiro atoms. The molecule has 0 aliphatic carbocycles. The Hall–Kier alpha value is -2.91. The van der Waals surface area contributed by atoms with Crippen molar-refractivity contribution < 1.29 is 22.7 Å². The lowest BCUT2D eigenvalue weighted by molar-refractivity contribution is -0.126. The molecule has 8 nitrogen and oxygen atoms in total. The zero-order valence-corrected chi connectivity index (χ0v) is 19.5. The van der Waals surface area contributed by atoms with Gasteiger partial charge in [-0.05, 0) is 61.2 Å². The number of carbonyl (C=O) groups is 2. The first-order valence-electron chi connectivity index (χ1n) is 11.2. The lowest BCUT2D eigenvalue weighted by Gasteiger charge is -2.31. The van der Waals surface area contributed by atoms with Gasteiger partial charge in [-0.1, -0.05) is 12.1 Å². The molecule has 4 rings (SSSR count). The third-order valence-corrected chi connectivity index (χ3v) is 8.12. The monoisotopic (exact) mass is 471 g/mol. The van der Waals surface area contributed by atoms with Gasteiger partial charge in [-0.15, -0.1) is 0 Å². The molecule has 2 aliphatic rings. The predicted molar refractivity (Wildman–Crippen MR) is 124 cm³/mol. The van der Waals surface area contributed by atoms with Gasteiger partial charge in [-0.2, -0.15) is 4.31 Å². The number of ether oxygens (including phenoxy) is 1. The van der Waals surface area contributed by atoms with Crippen molar-refractivity contribution in [3.05, 3.63) is 54.1 Å². The molecule has 1 atom stereocenters. The van der Waals surface area contributed by atoms with E-state index in [0.717, 1.165) is 24.2 Å². The smallest absolute Gasteiger partial charge is 0.243 e. The minimum atomic E-state index is -3.67. The summed E-state index contributed by atoms with van der Waals surface area (Å²) >= 11 is 0. The summed E-state index contributed by atoms with van der Waals surface area (Å²) in [5.74, 6) is 0.184. The maximum atomic E-state index is 13.0. The highest BCUT2D eigenvalue weighted by Crippen LogP contribution is 2.26. The highest BCUT2D eigenvalue weighted by Gasteiger charge is 2.33. The number of sulfonamides is 1. The van der Waals surface area contributed by atoms with Crippen LogP contribution in [0.2, 0.25) is 0 Å². The Morgan fingerprint density at radius 3 is 2.42 bits per heavy atom. The van der Waals surface area contributed by atoms with E-state index in [-0.39, 0.29) is 23.3 Å². The number of nitrogens with one attached hydrogen (secondary N) is 1. The number of benzene rings is 2. The van der Waals surface area contributed by atoms with E-state index < -0.39 is 15.9 Å². The third-order valence-electron chi connectivity index (χ3n) is 6.24. The predicted octanol–water partition coefficient (Wildman–Crippen LogP) is 2.54. The number of rotatable bonds is 7. The Morgan fingerprint density at radius 1 is 1.06 bits per heavy atom. The van der Waals surface area contributed by atoms with E-state index in [0.29, 0.717) is 38.1 Å². The molecule has 2 aliphatic heterocycles. The van der Waals surface area contributed by atoms with Gasteiger partial charge in [-0.3, -0.25) is 9.59 Å². The average Bonchev–Trinajstić information content (AvgIpc) is 3.28. The molecule has 2 saturated heterocycles. The summed E-state index contributed by atoms with van der Waals surface area (Å²) in [5, 5.41) is 2.94. The number of hydrogen-bond donors (Lipinski definition) is 1. The molecule has 0 radical (unpaired) electrons. The normalized spacial score (nSPS) is 19.5.